The molecule has 1 unspecified atom stereocenters. The molecule has 6 nitrogen and oxygen atoms in total. The van der Waals surface area contributed by atoms with Gasteiger partial charge in [0.25, 0.3) is 10.1 Å². The second-order valence-corrected chi connectivity index (χ2v) is 5.59. The van der Waals surface area contributed by atoms with E-state index in [1.54, 1.807) is 6.92 Å². The van der Waals surface area contributed by atoms with Crippen molar-refractivity contribution < 1.29 is 23.2 Å². The monoisotopic (exact) mass is 295 g/mol. The van der Waals surface area contributed by atoms with Crippen LogP contribution in [0.2, 0.25) is 5.02 Å². The molecule has 0 amide bonds. The van der Waals surface area contributed by atoms with Gasteiger partial charge in [-0.1, -0.05) is 11.6 Å². The molecule has 0 heterocycles. The van der Waals surface area contributed by atoms with E-state index in [2.05, 4.69) is 5.32 Å². The third-order valence-corrected chi connectivity index (χ3v) is 3.58. The minimum Gasteiger partial charge on any atom is -0.394 e. The third-order valence-electron chi connectivity index (χ3n) is 2.28. The number of aliphatic hydroxyl groups is 2. The van der Waals surface area contributed by atoms with Gasteiger partial charge < -0.3 is 15.5 Å². The van der Waals surface area contributed by atoms with E-state index in [-0.39, 0.29) is 17.1 Å². The first kappa shape index (κ1) is 15.2. The minimum absolute atomic E-state index is 0.0700. The number of nitrogens with one attached hydrogen (secondary N) is 1. The van der Waals surface area contributed by atoms with Crippen LogP contribution in [0, 0.1) is 6.92 Å². The van der Waals surface area contributed by atoms with Crippen molar-refractivity contribution in [1.82, 2.24) is 0 Å². The maximum absolute atomic E-state index is 11.2. The molecule has 1 atom stereocenters. The summed E-state index contributed by atoms with van der Waals surface area (Å²) >= 11 is 5.86. The van der Waals surface area contributed by atoms with Gasteiger partial charge in [-0.15, -0.1) is 0 Å². The standard InChI is InChI=1S/C10H14ClNO5S/c1-6-2-10(18(15,16)17)9(3-8(6)11)12-4-7(14)5-13/h2-3,7,12-14H,4-5H2,1H3,(H,15,16,17). The molecule has 0 fully saturated rings. The Kier molecular flexibility index (Phi) is 4.94. The van der Waals surface area contributed by atoms with Gasteiger partial charge in [-0.05, 0) is 24.6 Å². The Labute approximate surface area is 110 Å². The van der Waals surface area contributed by atoms with Crippen molar-refractivity contribution in [2.75, 3.05) is 18.5 Å². The van der Waals surface area contributed by atoms with Gasteiger partial charge in [0.2, 0.25) is 0 Å². The molecule has 0 radical (unpaired) electrons. The number of anilines is 1. The Morgan fingerprint density at radius 1 is 1.44 bits per heavy atom. The van der Waals surface area contributed by atoms with Crippen molar-refractivity contribution in [1.29, 1.82) is 0 Å². The fourth-order valence-electron chi connectivity index (χ4n) is 1.30. The molecule has 0 aliphatic rings. The summed E-state index contributed by atoms with van der Waals surface area (Å²) in [5.41, 5.74) is 0.568. The van der Waals surface area contributed by atoms with E-state index in [1.165, 1.54) is 12.1 Å². The maximum Gasteiger partial charge on any atom is 0.296 e. The lowest BCUT2D eigenvalue weighted by atomic mass is 10.2. The first-order valence-corrected chi connectivity index (χ1v) is 6.88. The minimum atomic E-state index is -4.39. The van der Waals surface area contributed by atoms with E-state index >= 15 is 0 Å². The third kappa shape index (κ3) is 3.82. The van der Waals surface area contributed by atoms with E-state index in [9.17, 15) is 13.5 Å². The number of aliphatic hydroxyl groups excluding tert-OH is 2. The van der Waals surface area contributed by atoms with Gasteiger partial charge in [-0.2, -0.15) is 8.42 Å². The largest absolute Gasteiger partial charge is 0.394 e. The molecule has 102 valence electrons. The summed E-state index contributed by atoms with van der Waals surface area (Å²) in [6.45, 7) is 1.07. The van der Waals surface area contributed by atoms with Crippen molar-refractivity contribution in [3.05, 3.63) is 22.7 Å². The smallest absolute Gasteiger partial charge is 0.296 e. The van der Waals surface area contributed by atoms with Crippen LogP contribution in [-0.2, 0) is 10.1 Å². The van der Waals surface area contributed by atoms with Gasteiger partial charge >= 0.3 is 0 Å². The molecule has 0 aliphatic heterocycles. The maximum atomic E-state index is 11.2. The molecule has 0 aromatic heterocycles. The molecule has 0 bridgehead atoms. The van der Waals surface area contributed by atoms with Crippen molar-refractivity contribution in [3.8, 4) is 0 Å². The SMILES string of the molecule is Cc1cc(S(=O)(=O)O)c(NCC(O)CO)cc1Cl. The van der Waals surface area contributed by atoms with Gasteiger partial charge in [0.05, 0.1) is 18.4 Å². The Morgan fingerprint density at radius 2 is 2.06 bits per heavy atom. The lowest BCUT2D eigenvalue weighted by molar-refractivity contribution is 0.105. The molecule has 1 rings (SSSR count). The van der Waals surface area contributed by atoms with Gasteiger partial charge in [-0.25, -0.2) is 0 Å². The van der Waals surface area contributed by atoms with Crippen LogP contribution in [0.5, 0.6) is 0 Å². The van der Waals surface area contributed by atoms with Gasteiger partial charge in [0.15, 0.2) is 0 Å². The second-order valence-electron chi connectivity index (χ2n) is 3.79. The second kappa shape index (κ2) is 5.85. The average molecular weight is 296 g/mol. The highest BCUT2D eigenvalue weighted by molar-refractivity contribution is 7.86. The molecule has 0 saturated heterocycles. The Hall–Kier alpha value is -0.860. The van der Waals surface area contributed by atoms with Crippen LogP contribution in [-0.4, -0.2) is 42.4 Å². The normalized spacial score (nSPS) is 13.4. The van der Waals surface area contributed by atoms with Crippen LogP contribution >= 0.6 is 11.6 Å². The molecule has 0 saturated carbocycles. The number of hydrogen-bond acceptors (Lipinski definition) is 5. The van der Waals surface area contributed by atoms with Crippen molar-refractivity contribution in [2.24, 2.45) is 0 Å². The van der Waals surface area contributed by atoms with Crippen molar-refractivity contribution in [3.63, 3.8) is 0 Å². The highest BCUT2D eigenvalue weighted by atomic mass is 35.5. The number of benzene rings is 1. The van der Waals surface area contributed by atoms with E-state index in [4.69, 9.17) is 21.3 Å². The van der Waals surface area contributed by atoms with E-state index in [0.29, 0.717) is 10.6 Å². The Balaban J connectivity index is 3.13. The van der Waals surface area contributed by atoms with E-state index < -0.39 is 22.8 Å². The van der Waals surface area contributed by atoms with Crippen LogP contribution < -0.4 is 5.32 Å². The lowest BCUT2D eigenvalue weighted by Gasteiger charge is -2.14. The fraction of sp³-hybridized carbons (Fsp3) is 0.400. The van der Waals surface area contributed by atoms with Crippen LogP contribution in [0.4, 0.5) is 5.69 Å². The molecular formula is C10H14ClNO5S. The van der Waals surface area contributed by atoms with Crippen molar-refractivity contribution >= 4 is 27.4 Å². The summed E-state index contributed by atoms with van der Waals surface area (Å²) in [5, 5.41) is 20.8. The molecule has 1 aromatic carbocycles. The van der Waals surface area contributed by atoms with Gasteiger partial charge in [0.1, 0.15) is 4.90 Å². The first-order chi connectivity index (χ1) is 8.25. The molecule has 0 aliphatic carbocycles. The number of rotatable bonds is 5. The molecule has 8 heteroatoms. The summed E-state index contributed by atoms with van der Waals surface area (Å²) in [6, 6.07) is 2.56. The topological polar surface area (TPSA) is 107 Å². The zero-order valence-electron chi connectivity index (χ0n) is 9.59. The Morgan fingerprint density at radius 3 is 2.56 bits per heavy atom. The summed E-state index contributed by atoms with van der Waals surface area (Å²) in [7, 11) is -4.39. The summed E-state index contributed by atoms with van der Waals surface area (Å²) in [4.78, 5) is -0.325. The summed E-state index contributed by atoms with van der Waals surface area (Å²) in [6.07, 6.45) is -1.04. The van der Waals surface area contributed by atoms with Crippen LogP contribution in [0.25, 0.3) is 0 Å². The highest BCUT2D eigenvalue weighted by Gasteiger charge is 2.18. The molecule has 1 aromatic rings. The van der Waals surface area contributed by atoms with Crippen LogP contribution in [0.1, 0.15) is 5.56 Å². The zero-order valence-corrected chi connectivity index (χ0v) is 11.2. The lowest BCUT2D eigenvalue weighted by Crippen LogP contribution is -2.23. The molecule has 0 spiro atoms. The average Bonchev–Trinajstić information content (AvgIpc) is 2.28. The molecular weight excluding hydrogens is 282 g/mol. The quantitative estimate of drug-likeness (QED) is 0.595. The molecule has 4 N–H and O–H groups in total. The summed E-state index contributed by atoms with van der Waals surface area (Å²) < 4.78 is 31.5. The van der Waals surface area contributed by atoms with Crippen molar-refractivity contribution in [2.45, 2.75) is 17.9 Å². The van der Waals surface area contributed by atoms with E-state index in [0.717, 1.165) is 0 Å². The number of hydrogen-bond donors (Lipinski definition) is 4. The zero-order chi connectivity index (χ0) is 13.9. The van der Waals surface area contributed by atoms with E-state index in [1.807, 2.05) is 0 Å². The van der Waals surface area contributed by atoms with Crippen LogP contribution in [0.15, 0.2) is 17.0 Å². The first-order valence-electron chi connectivity index (χ1n) is 5.06. The van der Waals surface area contributed by atoms with Gasteiger partial charge in [-0.3, -0.25) is 4.55 Å². The number of halogens is 1. The van der Waals surface area contributed by atoms with Gasteiger partial charge in [0, 0.05) is 11.6 Å². The Bertz CT molecular complexity index is 531. The predicted molar refractivity (Wildman–Crippen MR) is 67.6 cm³/mol. The fourth-order valence-corrected chi connectivity index (χ4v) is 2.20. The van der Waals surface area contributed by atoms with Crippen LogP contribution in [0.3, 0.4) is 0 Å². The molecule has 18 heavy (non-hydrogen) atoms. The number of aryl methyl sites for hydroxylation is 1. The highest BCUT2D eigenvalue weighted by Crippen LogP contribution is 2.28. The summed E-state index contributed by atoms with van der Waals surface area (Å²) in [5.74, 6) is 0. The predicted octanol–water partition coefficient (Wildman–Crippen LogP) is 0.660.